The van der Waals surface area contributed by atoms with Gasteiger partial charge in [-0.2, -0.15) is 0 Å². The number of carbonyl (C=O) groups is 3. The number of hydrogen-bond acceptors (Lipinski definition) is 6. The first-order chi connectivity index (χ1) is 21.6. The number of fused-ring (bicyclic) bond motifs is 1. The summed E-state index contributed by atoms with van der Waals surface area (Å²) in [4.78, 5) is 46.0. The number of ether oxygens (including phenoxy) is 1. The molecule has 45 heavy (non-hydrogen) atoms. The maximum absolute atomic E-state index is 14.0. The van der Waals surface area contributed by atoms with Crippen LogP contribution in [0.5, 0.6) is 5.19 Å². The second-order valence-corrected chi connectivity index (χ2v) is 13.8. The van der Waals surface area contributed by atoms with Crippen LogP contribution in [-0.2, 0) is 20.8 Å². The number of carboxylic acid groups (broad SMARTS) is 1. The van der Waals surface area contributed by atoms with E-state index in [2.05, 4.69) is 18.0 Å². The van der Waals surface area contributed by atoms with Gasteiger partial charge in [-0.05, 0) is 86.4 Å². The Kier molecular flexibility index (Phi) is 10.4. The van der Waals surface area contributed by atoms with Gasteiger partial charge >= 0.3 is 5.97 Å². The molecule has 1 saturated heterocycles. The molecule has 1 N–H and O–H groups in total. The van der Waals surface area contributed by atoms with Crippen molar-refractivity contribution in [3.05, 3.63) is 71.1 Å². The number of aromatic nitrogens is 1. The van der Waals surface area contributed by atoms with Gasteiger partial charge in [0.15, 0.2) is 5.78 Å². The number of aliphatic carboxylic acids is 1. The van der Waals surface area contributed by atoms with Crippen LogP contribution in [0.3, 0.4) is 0 Å². The van der Waals surface area contributed by atoms with Crippen LogP contribution in [0.1, 0.15) is 81.4 Å². The summed E-state index contributed by atoms with van der Waals surface area (Å²) in [6.07, 6.45) is 10.0. The molecule has 2 fully saturated rings. The molecule has 0 radical (unpaired) electrons. The Morgan fingerprint density at radius 2 is 1.96 bits per heavy atom. The van der Waals surface area contributed by atoms with E-state index in [0.29, 0.717) is 23.6 Å². The van der Waals surface area contributed by atoms with Gasteiger partial charge in [-0.15, -0.1) is 0 Å². The van der Waals surface area contributed by atoms with Crippen molar-refractivity contribution in [1.82, 2.24) is 9.88 Å². The number of thiazole rings is 1. The number of allylic oxidation sites excluding steroid dienone is 2. The zero-order valence-electron chi connectivity index (χ0n) is 26.4. The van der Waals surface area contributed by atoms with Crippen LogP contribution in [0, 0.1) is 31.0 Å². The molecule has 240 valence electrons. The third kappa shape index (κ3) is 7.98. The minimum Gasteiger partial charge on any atom is -0.481 e. The van der Waals surface area contributed by atoms with Crippen LogP contribution in [0.4, 0.5) is 4.39 Å². The number of unbranched alkanes of at least 4 members (excludes halogenated alkanes) is 4. The van der Waals surface area contributed by atoms with Crippen LogP contribution < -0.4 is 4.74 Å². The van der Waals surface area contributed by atoms with Crippen molar-refractivity contribution in [1.29, 1.82) is 0 Å². The van der Waals surface area contributed by atoms with Crippen LogP contribution >= 0.6 is 11.3 Å². The van der Waals surface area contributed by atoms with Crippen molar-refractivity contribution in [2.45, 2.75) is 97.1 Å². The highest BCUT2D eigenvalue weighted by molar-refractivity contribution is 7.20. The molecule has 0 spiro atoms. The molecule has 7 nitrogen and oxygen atoms in total. The first-order valence-electron chi connectivity index (χ1n) is 16.1. The van der Waals surface area contributed by atoms with Gasteiger partial charge < -0.3 is 14.7 Å². The van der Waals surface area contributed by atoms with E-state index in [1.165, 1.54) is 29.9 Å². The summed E-state index contributed by atoms with van der Waals surface area (Å²) in [6.45, 7) is 6.19. The SMILES string of the molecule is CCCCCC/C=C\[C@@H]1C[C@]1(CC(=O)[C@@H]1C[C@@H](Oc2nc3ccc(C)cc3s2)CN1C(=O)CCc1cc(C)cc(F)c1)C(=O)O. The van der Waals surface area contributed by atoms with Crippen molar-refractivity contribution in [3.8, 4) is 5.19 Å². The Bertz CT molecular complexity index is 1560. The first kappa shape index (κ1) is 32.8. The standard InChI is InChI=1S/C36H43FN2O5S/c1-4-5-6-7-8-9-10-26-20-36(26,34(42)43)21-31(40)30-19-28(44-35-38-29-13-11-23(2)17-32(29)45-35)22-39(30)33(41)14-12-25-15-24(3)16-27(37)18-25/h9-11,13,15-18,26,28,30H,4-8,12,14,19-22H2,1-3H3,(H,42,43)/b10-9-/t26-,28-,30+,36-/m1/s1. The summed E-state index contributed by atoms with van der Waals surface area (Å²) < 4.78 is 21.2. The zero-order valence-corrected chi connectivity index (χ0v) is 27.2. The van der Waals surface area contributed by atoms with Gasteiger partial charge in [-0.3, -0.25) is 14.4 Å². The fourth-order valence-electron chi connectivity index (χ4n) is 6.51. The molecule has 2 heterocycles. The highest BCUT2D eigenvalue weighted by Crippen LogP contribution is 2.57. The molecule has 2 aliphatic rings. The minimum absolute atomic E-state index is 0.104. The normalized spacial score (nSPS) is 22.8. The molecule has 0 unspecified atom stereocenters. The molecule has 1 saturated carbocycles. The smallest absolute Gasteiger partial charge is 0.310 e. The number of amides is 1. The molecule has 1 amide bonds. The summed E-state index contributed by atoms with van der Waals surface area (Å²) in [5.41, 5.74) is 2.30. The predicted octanol–water partition coefficient (Wildman–Crippen LogP) is 7.61. The summed E-state index contributed by atoms with van der Waals surface area (Å²) in [5.74, 6) is -1.99. The number of carboxylic acids is 1. The van der Waals surface area contributed by atoms with Crippen molar-refractivity contribution < 1.29 is 28.6 Å². The van der Waals surface area contributed by atoms with Crippen LogP contribution in [0.25, 0.3) is 10.2 Å². The Balaban J connectivity index is 1.29. The Morgan fingerprint density at radius 3 is 2.71 bits per heavy atom. The molecular weight excluding hydrogens is 591 g/mol. The first-order valence-corrected chi connectivity index (χ1v) is 16.9. The average molecular weight is 635 g/mol. The van der Waals surface area contributed by atoms with Crippen molar-refractivity contribution >= 4 is 39.2 Å². The second-order valence-electron chi connectivity index (χ2n) is 12.8. The van der Waals surface area contributed by atoms with Gasteiger partial charge in [0.25, 0.3) is 5.19 Å². The average Bonchev–Trinajstić information content (AvgIpc) is 3.30. The number of aryl methyl sites for hydroxylation is 3. The third-order valence-electron chi connectivity index (χ3n) is 9.12. The van der Waals surface area contributed by atoms with Crippen molar-refractivity contribution in [3.63, 3.8) is 0 Å². The minimum atomic E-state index is -1.13. The molecule has 1 aliphatic carbocycles. The maximum Gasteiger partial charge on any atom is 0.310 e. The number of Topliss-reactive ketones (excluding diaryl/α,β-unsaturated/α-hetero) is 1. The fourth-order valence-corrected chi connectivity index (χ4v) is 7.49. The number of nitrogens with zero attached hydrogens (tertiary/aromatic N) is 2. The van der Waals surface area contributed by atoms with Gasteiger partial charge in [-0.25, -0.2) is 9.37 Å². The van der Waals surface area contributed by atoms with E-state index < -0.39 is 23.5 Å². The maximum atomic E-state index is 14.0. The molecule has 4 atom stereocenters. The lowest BCUT2D eigenvalue weighted by molar-refractivity contribution is -0.147. The van der Waals surface area contributed by atoms with Gasteiger partial charge in [0, 0.05) is 19.3 Å². The summed E-state index contributed by atoms with van der Waals surface area (Å²) in [7, 11) is 0. The van der Waals surface area contributed by atoms with E-state index in [9.17, 15) is 23.9 Å². The van der Waals surface area contributed by atoms with Crippen LogP contribution in [0.15, 0.2) is 48.6 Å². The number of rotatable bonds is 15. The van der Waals surface area contributed by atoms with Gasteiger partial charge in [0.2, 0.25) is 5.91 Å². The Labute approximate surface area is 268 Å². The monoisotopic (exact) mass is 634 g/mol. The number of benzene rings is 2. The molecule has 3 aromatic rings. The molecule has 1 aliphatic heterocycles. The third-order valence-corrected chi connectivity index (χ3v) is 10.0. The molecule has 2 aromatic carbocycles. The highest BCUT2D eigenvalue weighted by Gasteiger charge is 2.61. The molecular formula is C36H43FN2O5S. The topological polar surface area (TPSA) is 96.8 Å². The lowest BCUT2D eigenvalue weighted by atomic mass is 9.92. The molecule has 9 heteroatoms. The number of hydrogen-bond donors (Lipinski definition) is 1. The lowest BCUT2D eigenvalue weighted by Crippen LogP contribution is -2.42. The molecule has 5 rings (SSSR count). The predicted molar refractivity (Wildman–Crippen MR) is 174 cm³/mol. The summed E-state index contributed by atoms with van der Waals surface area (Å²) >= 11 is 1.42. The zero-order chi connectivity index (χ0) is 32.1. The van der Waals surface area contributed by atoms with Gasteiger partial charge in [0.1, 0.15) is 11.9 Å². The quantitative estimate of drug-likeness (QED) is 0.137. The Morgan fingerprint density at radius 1 is 1.13 bits per heavy atom. The molecule has 1 aromatic heterocycles. The number of likely N-dealkylation sites (tertiary alicyclic amines) is 1. The van der Waals surface area contributed by atoms with Crippen LogP contribution in [-0.4, -0.2) is 51.3 Å². The van der Waals surface area contributed by atoms with Crippen molar-refractivity contribution in [2.75, 3.05) is 6.54 Å². The van der Waals surface area contributed by atoms with E-state index in [1.54, 1.807) is 11.8 Å². The van der Waals surface area contributed by atoms with Gasteiger partial charge in [-0.1, -0.05) is 61.8 Å². The largest absolute Gasteiger partial charge is 0.481 e. The van der Waals surface area contributed by atoms with Crippen molar-refractivity contribution in [2.24, 2.45) is 11.3 Å². The van der Waals surface area contributed by atoms with E-state index in [-0.39, 0.29) is 49.2 Å². The van der Waals surface area contributed by atoms with E-state index in [4.69, 9.17) is 4.74 Å². The fraction of sp³-hybridized carbons (Fsp3) is 0.500. The van der Waals surface area contributed by atoms with Gasteiger partial charge in [0.05, 0.1) is 28.2 Å². The summed E-state index contributed by atoms with van der Waals surface area (Å²) in [5, 5.41) is 10.7. The van der Waals surface area contributed by atoms with E-state index >= 15 is 0 Å². The Hall–Kier alpha value is -3.59. The number of ketones is 1. The second kappa shape index (κ2) is 14.2. The summed E-state index contributed by atoms with van der Waals surface area (Å²) in [6, 6.07) is 9.90. The lowest BCUT2D eigenvalue weighted by Gasteiger charge is -2.24. The van der Waals surface area contributed by atoms with Crippen LogP contribution in [0.2, 0.25) is 0 Å². The molecule has 0 bridgehead atoms. The highest BCUT2D eigenvalue weighted by atomic mass is 32.1. The van der Waals surface area contributed by atoms with E-state index in [1.807, 2.05) is 37.3 Å². The van der Waals surface area contributed by atoms with E-state index in [0.717, 1.165) is 47.0 Å². The number of halogens is 1. The number of carbonyl (C=O) groups excluding carboxylic acids is 2.